The molecule has 0 spiro atoms. The van der Waals surface area contributed by atoms with Crippen molar-refractivity contribution < 1.29 is 19.1 Å². The Hall–Kier alpha value is -1.10. The Balaban J connectivity index is 2.18. The maximum absolute atomic E-state index is 11.4. The van der Waals surface area contributed by atoms with Crippen molar-refractivity contribution in [3.8, 4) is 0 Å². The third-order valence-corrected chi connectivity index (χ3v) is 2.70. The number of nitrogens with one attached hydrogen (secondary N) is 1. The Morgan fingerprint density at radius 1 is 1.28 bits per heavy atom. The van der Waals surface area contributed by atoms with Crippen LogP contribution in [0.1, 0.15) is 52.9 Å². The average Bonchev–Trinajstić information content (AvgIpc) is 2.25. The lowest BCUT2D eigenvalue weighted by Crippen LogP contribution is -2.34. The molecule has 1 aliphatic heterocycles. The van der Waals surface area contributed by atoms with Gasteiger partial charge < -0.3 is 14.8 Å². The fourth-order valence-electron chi connectivity index (χ4n) is 1.88. The molecular weight excluding hydrogens is 234 g/mol. The van der Waals surface area contributed by atoms with Crippen molar-refractivity contribution in [3.05, 3.63) is 0 Å². The highest BCUT2D eigenvalue weighted by Gasteiger charge is 2.21. The first-order chi connectivity index (χ1) is 8.37. The van der Waals surface area contributed by atoms with E-state index < -0.39 is 17.7 Å². The lowest BCUT2D eigenvalue weighted by atomic mass is 10.0. The molecule has 0 saturated carbocycles. The highest BCUT2D eigenvalue weighted by Crippen LogP contribution is 2.13. The van der Waals surface area contributed by atoms with E-state index in [-0.39, 0.29) is 6.42 Å². The van der Waals surface area contributed by atoms with E-state index in [9.17, 15) is 9.59 Å². The van der Waals surface area contributed by atoms with Gasteiger partial charge in [-0.2, -0.15) is 0 Å². The van der Waals surface area contributed by atoms with E-state index in [1.165, 1.54) is 12.8 Å². The molecule has 104 valence electrons. The fourth-order valence-corrected chi connectivity index (χ4v) is 1.88. The van der Waals surface area contributed by atoms with Gasteiger partial charge in [0, 0.05) is 12.5 Å². The molecule has 0 aliphatic carbocycles. The number of rotatable bonds is 3. The third-order valence-electron chi connectivity index (χ3n) is 2.70. The molecule has 0 aromatic rings. The number of hydrogen-bond donors (Lipinski definition) is 1. The summed E-state index contributed by atoms with van der Waals surface area (Å²) < 4.78 is 9.49. The van der Waals surface area contributed by atoms with Gasteiger partial charge >= 0.3 is 12.1 Å². The summed E-state index contributed by atoms with van der Waals surface area (Å²) in [4.78, 5) is 22.7. The lowest BCUT2D eigenvalue weighted by molar-refractivity contribution is -0.141. The number of hydrogen-bond acceptors (Lipinski definition) is 5. The summed E-state index contributed by atoms with van der Waals surface area (Å²) in [6.07, 6.45) is 3.51. The Labute approximate surface area is 108 Å². The fraction of sp³-hybridized carbons (Fsp3) is 0.846. The van der Waals surface area contributed by atoms with E-state index in [4.69, 9.17) is 4.74 Å². The van der Waals surface area contributed by atoms with Gasteiger partial charge in [-0.15, -0.1) is 0 Å². The number of carbonyl (C=O) groups is 2. The van der Waals surface area contributed by atoms with Crippen LogP contribution in [0.4, 0.5) is 4.79 Å². The summed E-state index contributed by atoms with van der Waals surface area (Å²) in [5, 5.41) is 3.34. The van der Waals surface area contributed by atoms with E-state index >= 15 is 0 Å². The predicted octanol–water partition coefficient (Wildman–Crippen LogP) is 2.39. The van der Waals surface area contributed by atoms with Gasteiger partial charge in [-0.3, -0.25) is 4.79 Å². The van der Waals surface area contributed by atoms with E-state index in [0.29, 0.717) is 12.5 Å². The van der Waals surface area contributed by atoms with Gasteiger partial charge in [0.15, 0.2) is 0 Å². The van der Waals surface area contributed by atoms with Crippen molar-refractivity contribution in [2.45, 2.75) is 64.5 Å². The summed E-state index contributed by atoms with van der Waals surface area (Å²) in [6, 6.07) is 0.366. The molecular formula is C13H23NO4. The van der Waals surface area contributed by atoms with Crippen molar-refractivity contribution in [2.24, 2.45) is 0 Å². The highest BCUT2D eigenvalue weighted by molar-refractivity contribution is 5.81. The molecule has 1 atom stereocenters. The molecule has 1 rings (SSSR count). The molecule has 1 heterocycles. The molecule has 1 saturated heterocycles. The molecule has 5 nitrogen and oxygen atoms in total. The molecule has 0 radical (unpaired) electrons. The molecule has 0 aromatic heterocycles. The van der Waals surface area contributed by atoms with Crippen LogP contribution in [0, 0.1) is 0 Å². The van der Waals surface area contributed by atoms with E-state index in [1.54, 1.807) is 20.8 Å². The average molecular weight is 257 g/mol. The van der Waals surface area contributed by atoms with Crippen molar-refractivity contribution in [1.82, 2.24) is 5.32 Å². The second-order valence-electron chi connectivity index (χ2n) is 5.62. The molecule has 1 fully saturated rings. The van der Waals surface area contributed by atoms with E-state index in [0.717, 1.165) is 13.0 Å². The molecule has 18 heavy (non-hydrogen) atoms. The number of esters is 1. The van der Waals surface area contributed by atoms with Crippen molar-refractivity contribution in [2.75, 3.05) is 6.54 Å². The minimum atomic E-state index is -0.913. The Morgan fingerprint density at radius 2 is 2.00 bits per heavy atom. The number of ether oxygens (including phenoxy) is 2. The van der Waals surface area contributed by atoms with Crippen molar-refractivity contribution in [1.29, 1.82) is 0 Å². The summed E-state index contributed by atoms with van der Waals surface area (Å²) in [5.41, 5.74) is -0.637. The summed E-state index contributed by atoms with van der Waals surface area (Å²) >= 11 is 0. The van der Waals surface area contributed by atoms with Gasteiger partial charge in [0.2, 0.25) is 0 Å². The molecule has 5 heteroatoms. The zero-order chi connectivity index (χ0) is 13.6. The monoisotopic (exact) mass is 257 g/mol. The minimum absolute atomic E-state index is 0.247. The Bertz CT molecular complexity index is 290. The van der Waals surface area contributed by atoms with Crippen LogP contribution in [-0.2, 0) is 14.3 Å². The second-order valence-corrected chi connectivity index (χ2v) is 5.62. The van der Waals surface area contributed by atoms with Crippen LogP contribution in [0.2, 0.25) is 0 Å². The highest BCUT2D eigenvalue weighted by atomic mass is 16.7. The Morgan fingerprint density at radius 3 is 2.56 bits per heavy atom. The molecule has 0 aromatic carbocycles. The second kappa shape index (κ2) is 6.73. The standard InChI is InChI=1S/C13H23NO4/c1-13(2,3)18-12(16)17-11(15)8-7-10-6-4-5-9-14-10/h10,14H,4-9H2,1-3H3. The predicted molar refractivity (Wildman–Crippen MR) is 67.2 cm³/mol. The molecule has 1 aliphatic rings. The first-order valence-electron chi connectivity index (χ1n) is 6.54. The SMILES string of the molecule is CC(C)(C)OC(=O)OC(=O)CCC1CCCCN1. The smallest absolute Gasteiger partial charge is 0.428 e. The lowest BCUT2D eigenvalue weighted by Gasteiger charge is -2.23. The van der Waals surface area contributed by atoms with Crippen molar-refractivity contribution >= 4 is 12.1 Å². The maximum Gasteiger partial charge on any atom is 0.516 e. The quantitative estimate of drug-likeness (QED) is 0.621. The number of carbonyl (C=O) groups excluding carboxylic acids is 2. The molecule has 1 unspecified atom stereocenters. The van der Waals surface area contributed by atoms with Crippen LogP contribution in [0.3, 0.4) is 0 Å². The molecule has 0 amide bonds. The summed E-state index contributed by atoms with van der Waals surface area (Å²) in [6.45, 7) is 6.19. The first-order valence-corrected chi connectivity index (χ1v) is 6.54. The number of piperidine rings is 1. The van der Waals surface area contributed by atoms with Gasteiger partial charge in [-0.05, 0) is 46.6 Å². The topological polar surface area (TPSA) is 64.6 Å². The van der Waals surface area contributed by atoms with Gasteiger partial charge in [0.1, 0.15) is 5.60 Å². The normalized spacial score (nSPS) is 20.3. The maximum atomic E-state index is 11.4. The van der Waals surface area contributed by atoms with Crippen molar-refractivity contribution in [3.63, 3.8) is 0 Å². The Kier molecular flexibility index (Phi) is 5.59. The summed E-state index contributed by atoms with van der Waals surface area (Å²) in [7, 11) is 0. The summed E-state index contributed by atoms with van der Waals surface area (Å²) in [5.74, 6) is -0.517. The third kappa shape index (κ3) is 6.59. The molecule has 0 bridgehead atoms. The van der Waals surface area contributed by atoms with E-state index in [2.05, 4.69) is 10.1 Å². The van der Waals surface area contributed by atoms with Crippen LogP contribution in [0.15, 0.2) is 0 Å². The minimum Gasteiger partial charge on any atom is -0.428 e. The van der Waals surface area contributed by atoms with Gasteiger partial charge in [0.25, 0.3) is 0 Å². The van der Waals surface area contributed by atoms with Crippen LogP contribution in [-0.4, -0.2) is 30.3 Å². The zero-order valence-electron chi connectivity index (χ0n) is 11.5. The van der Waals surface area contributed by atoms with Gasteiger partial charge in [-0.1, -0.05) is 6.42 Å². The van der Waals surface area contributed by atoms with Crippen LogP contribution in [0.25, 0.3) is 0 Å². The van der Waals surface area contributed by atoms with Crippen LogP contribution >= 0.6 is 0 Å². The zero-order valence-corrected chi connectivity index (χ0v) is 11.5. The first kappa shape index (κ1) is 15.0. The molecule has 1 N–H and O–H groups in total. The van der Waals surface area contributed by atoms with E-state index in [1.807, 2.05) is 0 Å². The largest absolute Gasteiger partial charge is 0.516 e. The van der Waals surface area contributed by atoms with Gasteiger partial charge in [0.05, 0.1) is 0 Å². The van der Waals surface area contributed by atoms with Crippen LogP contribution < -0.4 is 5.32 Å². The van der Waals surface area contributed by atoms with Crippen LogP contribution in [0.5, 0.6) is 0 Å². The van der Waals surface area contributed by atoms with Gasteiger partial charge in [-0.25, -0.2) is 4.79 Å².